The number of hydrogen-bond acceptors (Lipinski definition) is 6. The lowest BCUT2D eigenvalue weighted by Crippen LogP contribution is -2.13. The molecule has 0 unspecified atom stereocenters. The SMILES string of the molecule is O=C(OC(=NSc1nc2ccccc2s1)c1ccccc1)c1ccccc1. The van der Waals surface area contributed by atoms with Crippen molar-refractivity contribution in [2.75, 3.05) is 0 Å². The van der Waals surface area contributed by atoms with Crippen LogP contribution >= 0.6 is 23.3 Å². The number of benzene rings is 3. The summed E-state index contributed by atoms with van der Waals surface area (Å²) in [5.74, 6) is -0.184. The largest absolute Gasteiger partial charge is 0.403 e. The molecule has 6 heteroatoms. The van der Waals surface area contributed by atoms with Crippen molar-refractivity contribution < 1.29 is 9.53 Å². The van der Waals surface area contributed by atoms with Gasteiger partial charge in [0.15, 0.2) is 4.34 Å². The van der Waals surface area contributed by atoms with Crippen molar-refractivity contribution >= 4 is 45.4 Å². The Kier molecular flexibility index (Phi) is 5.27. The molecule has 1 aromatic heterocycles. The van der Waals surface area contributed by atoms with Gasteiger partial charge in [-0.3, -0.25) is 0 Å². The highest BCUT2D eigenvalue weighted by atomic mass is 32.2. The van der Waals surface area contributed by atoms with Gasteiger partial charge in [-0.05, 0) is 36.4 Å². The van der Waals surface area contributed by atoms with Gasteiger partial charge in [-0.15, -0.1) is 11.3 Å². The minimum Gasteiger partial charge on any atom is -0.403 e. The van der Waals surface area contributed by atoms with Gasteiger partial charge in [-0.2, -0.15) is 4.40 Å². The molecule has 0 radical (unpaired) electrons. The van der Waals surface area contributed by atoms with Gasteiger partial charge in [0.2, 0.25) is 5.90 Å². The van der Waals surface area contributed by atoms with Crippen LogP contribution in [-0.4, -0.2) is 16.9 Å². The predicted octanol–water partition coefficient (Wildman–Crippen LogP) is 5.61. The van der Waals surface area contributed by atoms with E-state index in [0.717, 1.165) is 20.1 Å². The summed E-state index contributed by atoms with van der Waals surface area (Å²) in [6.07, 6.45) is 0. The first-order chi connectivity index (χ1) is 13.3. The second-order valence-corrected chi connectivity index (χ2v) is 7.60. The maximum atomic E-state index is 12.5. The van der Waals surface area contributed by atoms with Gasteiger partial charge in [0, 0.05) is 17.5 Å². The standard InChI is InChI=1S/C21H14N2O2S2/c24-20(16-11-5-2-6-12-16)25-19(15-9-3-1-4-10-15)23-27-21-22-17-13-7-8-14-18(17)26-21/h1-14H. The van der Waals surface area contributed by atoms with Crippen LogP contribution in [0, 0.1) is 0 Å². The van der Waals surface area contributed by atoms with Crippen molar-refractivity contribution in [2.24, 2.45) is 4.40 Å². The van der Waals surface area contributed by atoms with Crippen molar-refractivity contribution in [1.82, 2.24) is 4.98 Å². The molecule has 4 nitrogen and oxygen atoms in total. The molecule has 0 saturated heterocycles. The number of thiazole rings is 1. The van der Waals surface area contributed by atoms with Crippen LogP contribution in [0.2, 0.25) is 0 Å². The zero-order chi connectivity index (χ0) is 18.5. The number of fused-ring (bicyclic) bond motifs is 1. The highest BCUT2D eigenvalue weighted by Crippen LogP contribution is 2.30. The molecule has 4 rings (SSSR count). The monoisotopic (exact) mass is 390 g/mol. The molecular weight excluding hydrogens is 376 g/mol. The van der Waals surface area contributed by atoms with E-state index in [9.17, 15) is 4.79 Å². The minimum absolute atomic E-state index is 0.258. The number of rotatable bonds is 4. The Balaban J connectivity index is 1.61. The number of carbonyl (C=O) groups is 1. The topological polar surface area (TPSA) is 51.5 Å². The Morgan fingerprint density at radius 2 is 1.48 bits per heavy atom. The predicted molar refractivity (Wildman–Crippen MR) is 110 cm³/mol. The molecule has 0 aliphatic rings. The number of ether oxygens (including phenoxy) is 1. The van der Waals surface area contributed by atoms with E-state index >= 15 is 0 Å². The second-order valence-electron chi connectivity index (χ2n) is 5.56. The first kappa shape index (κ1) is 17.5. The van der Waals surface area contributed by atoms with Crippen LogP contribution in [0.5, 0.6) is 0 Å². The van der Waals surface area contributed by atoms with Crippen LogP contribution in [0.1, 0.15) is 15.9 Å². The molecule has 3 aromatic carbocycles. The average Bonchev–Trinajstić information content (AvgIpc) is 3.15. The van der Waals surface area contributed by atoms with Crippen molar-refractivity contribution in [1.29, 1.82) is 0 Å². The molecule has 0 aliphatic heterocycles. The minimum atomic E-state index is -0.442. The molecule has 0 bridgehead atoms. The molecular formula is C21H14N2O2S2. The van der Waals surface area contributed by atoms with Gasteiger partial charge in [-0.25, -0.2) is 9.78 Å². The third kappa shape index (κ3) is 4.24. The molecule has 1 heterocycles. The number of aromatic nitrogens is 1. The van der Waals surface area contributed by atoms with Gasteiger partial charge in [0.05, 0.1) is 15.8 Å². The van der Waals surface area contributed by atoms with Crippen molar-refractivity contribution in [2.45, 2.75) is 4.34 Å². The van der Waals surface area contributed by atoms with Crippen LogP contribution in [0.15, 0.2) is 93.7 Å². The summed E-state index contributed by atoms with van der Waals surface area (Å²) in [5.41, 5.74) is 2.14. The van der Waals surface area contributed by atoms with Crippen molar-refractivity contribution in [3.63, 3.8) is 0 Å². The summed E-state index contributed by atoms with van der Waals surface area (Å²) in [6, 6.07) is 26.2. The van der Waals surface area contributed by atoms with E-state index in [2.05, 4.69) is 9.38 Å². The van der Waals surface area contributed by atoms with Crippen molar-refractivity contribution in [3.8, 4) is 0 Å². The zero-order valence-electron chi connectivity index (χ0n) is 14.1. The Bertz CT molecular complexity index is 1060. The molecule has 0 fully saturated rings. The maximum Gasteiger partial charge on any atom is 0.344 e. The summed E-state index contributed by atoms with van der Waals surface area (Å²) < 4.78 is 11.9. The Morgan fingerprint density at radius 3 is 2.19 bits per heavy atom. The lowest BCUT2D eigenvalue weighted by atomic mass is 10.2. The van der Waals surface area contributed by atoms with E-state index in [0.29, 0.717) is 5.56 Å². The van der Waals surface area contributed by atoms with Gasteiger partial charge in [0.25, 0.3) is 0 Å². The van der Waals surface area contributed by atoms with E-state index in [1.165, 1.54) is 11.9 Å². The average molecular weight is 390 g/mol. The van der Waals surface area contributed by atoms with Crippen LogP contribution in [-0.2, 0) is 4.74 Å². The lowest BCUT2D eigenvalue weighted by Gasteiger charge is -2.07. The molecule has 0 spiro atoms. The first-order valence-corrected chi connectivity index (χ1v) is 9.82. The first-order valence-electron chi connectivity index (χ1n) is 8.23. The quantitative estimate of drug-likeness (QED) is 0.197. The molecule has 0 N–H and O–H groups in total. The van der Waals surface area contributed by atoms with E-state index < -0.39 is 5.97 Å². The Labute approximate surface area is 164 Å². The normalized spacial score (nSPS) is 11.5. The maximum absolute atomic E-state index is 12.5. The summed E-state index contributed by atoms with van der Waals surface area (Å²) in [6.45, 7) is 0. The van der Waals surface area contributed by atoms with Crippen LogP contribution < -0.4 is 0 Å². The molecule has 0 aliphatic carbocycles. The highest BCUT2D eigenvalue weighted by molar-refractivity contribution is 8.00. The summed E-state index contributed by atoms with van der Waals surface area (Å²) in [4.78, 5) is 17.0. The van der Waals surface area contributed by atoms with E-state index in [-0.39, 0.29) is 5.90 Å². The number of esters is 1. The summed E-state index contributed by atoms with van der Waals surface area (Å²) in [5, 5.41) is 0. The Hall–Kier alpha value is -2.96. The smallest absolute Gasteiger partial charge is 0.344 e. The van der Waals surface area contributed by atoms with E-state index in [4.69, 9.17) is 4.74 Å². The van der Waals surface area contributed by atoms with Crippen LogP contribution in [0.25, 0.3) is 10.2 Å². The van der Waals surface area contributed by atoms with E-state index in [1.807, 2.05) is 60.7 Å². The number of carbonyl (C=O) groups excluding carboxylic acids is 1. The van der Waals surface area contributed by atoms with E-state index in [1.54, 1.807) is 35.6 Å². The Morgan fingerprint density at radius 1 is 0.852 bits per heavy atom. The molecule has 27 heavy (non-hydrogen) atoms. The summed E-state index contributed by atoms with van der Waals surface area (Å²) >= 11 is 2.76. The second kappa shape index (κ2) is 8.16. The van der Waals surface area contributed by atoms with Gasteiger partial charge in [-0.1, -0.05) is 48.5 Å². The third-order valence-corrected chi connectivity index (χ3v) is 5.51. The fourth-order valence-electron chi connectivity index (χ4n) is 2.40. The molecule has 0 saturated carbocycles. The van der Waals surface area contributed by atoms with Crippen LogP contribution in [0.4, 0.5) is 0 Å². The molecule has 4 aromatic rings. The lowest BCUT2D eigenvalue weighted by molar-refractivity contribution is 0.0718. The number of nitrogens with zero attached hydrogens (tertiary/aromatic N) is 2. The molecule has 132 valence electrons. The molecule has 0 atom stereocenters. The van der Waals surface area contributed by atoms with Gasteiger partial charge < -0.3 is 4.74 Å². The van der Waals surface area contributed by atoms with Gasteiger partial charge in [0.1, 0.15) is 0 Å². The fraction of sp³-hybridized carbons (Fsp3) is 0. The van der Waals surface area contributed by atoms with Crippen LogP contribution in [0.3, 0.4) is 0 Å². The third-order valence-electron chi connectivity index (χ3n) is 3.70. The highest BCUT2D eigenvalue weighted by Gasteiger charge is 2.14. The summed E-state index contributed by atoms with van der Waals surface area (Å²) in [7, 11) is 0. The number of para-hydroxylation sites is 1. The van der Waals surface area contributed by atoms with Gasteiger partial charge >= 0.3 is 5.97 Å². The molecule has 0 amide bonds. The number of hydrogen-bond donors (Lipinski definition) is 0. The van der Waals surface area contributed by atoms with Crippen molar-refractivity contribution in [3.05, 3.63) is 96.1 Å². The fourth-order valence-corrected chi connectivity index (χ4v) is 4.07. The zero-order valence-corrected chi connectivity index (χ0v) is 15.7.